The number of nitrogens with two attached hydrogens (primary N) is 2. The molecule has 6 nitrogen and oxygen atoms in total. The van der Waals surface area contributed by atoms with Crippen LogP contribution < -0.4 is 16.8 Å². The Bertz CT molecular complexity index is 355. The van der Waals surface area contributed by atoms with Gasteiger partial charge in [0.1, 0.15) is 5.54 Å². The van der Waals surface area contributed by atoms with Crippen molar-refractivity contribution in [2.24, 2.45) is 22.8 Å². The molecule has 0 aromatic rings. The Morgan fingerprint density at radius 1 is 1.44 bits per heavy atom. The lowest BCUT2D eigenvalue weighted by Gasteiger charge is -2.60. The second-order valence-electron chi connectivity index (χ2n) is 5.10. The van der Waals surface area contributed by atoms with Gasteiger partial charge in [0, 0.05) is 17.9 Å². The van der Waals surface area contributed by atoms with Gasteiger partial charge in [-0.3, -0.25) is 10.1 Å². The van der Waals surface area contributed by atoms with E-state index in [4.69, 9.17) is 16.2 Å². The summed E-state index contributed by atoms with van der Waals surface area (Å²) < 4.78 is 5.54. The molecule has 0 radical (unpaired) electrons. The third-order valence-corrected chi connectivity index (χ3v) is 4.07. The van der Waals surface area contributed by atoms with Crippen LogP contribution in [0.15, 0.2) is 0 Å². The molecule has 1 saturated heterocycles. The first-order chi connectivity index (χ1) is 7.31. The number of primary amides is 1. The number of urea groups is 1. The van der Waals surface area contributed by atoms with Crippen LogP contribution in [0, 0.1) is 11.3 Å². The van der Waals surface area contributed by atoms with E-state index in [2.05, 4.69) is 5.32 Å². The van der Waals surface area contributed by atoms with Gasteiger partial charge in [-0.1, -0.05) is 13.8 Å². The molecule has 1 saturated carbocycles. The summed E-state index contributed by atoms with van der Waals surface area (Å²) in [6.45, 7) is 4.36. The lowest BCUT2D eigenvalue weighted by atomic mass is 9.48. The van der Waals surface area contributed by atoms with Gasteiger partial charge in [-0.05, 0) is 6.42 Å². The Hall–Kier alpha value is -1.14. The van der Waals surface area contributed by atoms with Gasteiger partial charge in [-0.15, -0.1) is 0 Å². The number of rotatable bonds is 1. The number of fused-ring (bicyclic) bond motifs is 1. The number of imide groups is 1. The maximum Gasteiger partial charge on any atom is 0.318 e. The highest BCUT2D eigenvalue weighted by atomic mass is 16.5. The lowest BCUT2D eigenvalue weighted by molar-refractivity contribution is -0.174. The van der Waals surface area contributed by atoms with Crippen molar-refractivity contribution in [3.63, 3.8) is 0 Å². The predicted octanol–water partition coefficient (Wildman–Crippen LogP) is -0.676. The number of carbonyl (C=O) groups is 2. The van der Waals surface area contributed by atoms with Gasteiger partial charge in [-0.25, -0.2) is 4.79 Å². The van der Waals surface area contributed by atoms with Crippen LogP contribution in [0.2, 0.25) is 0 Å². The quantitative estimate of drug-likeness (QED) is 0.551. The van der Waals surface area contributed by atoms with Crippen molar-refractivity contribution >= 4 is 11.9 Å². The van der Waals surface area contributed by atoms with Gasteiger partial charge in [0.15, 0.2) is 0 Å². The highest BCUT2D eigenvalue weighted by Gasteiger charge is 2.71. The summed E-state index contributed by atoms with van der Waals surface area (Å²) in [6, 6.07) is -0.868. The summed E-state index contributed by atoms with van der Waals surface area (Å²) in [7, 11) is 0. The molecule has 0 aromatic carbocycles. The van der Waals surface area contributed by atoms with Crippen molar-refractivity contribution in [3.8, 4) is 0 Å². The molecule has 3 amide bonds. The van der Waals surface area contributed by atoms with E-state index in [1.807, 2.05) is 13.8 Å². The smallest absolute Gasteiger partial charge is 0.318 e. The Morgan fingerprint density at radius 2 is 2.06 bits per heavy atom. The second kappa shape index (κ2) is 3.18. The standard InChI is InChI=1S/C10H17N3O3/c1-9(2)6-5(3-4-16-6)10(9,12)7(14)13-8(11)15/h5-6H,3-4,12H2,1-2H3,(H3,11,13,14,15). The Labute approximate surface area is 93.7 Å². The SMILES string of the molecule is CC1(C)C2OCCC2C1(N)C(=O)NC(N)=O. The van der Waals surface area contributed by atoms with E-state index in [-0.39, 0.29) is 12.0 Å². The Balaban J connectivity index is 2.24. The van der Waals surface area contributed by atoms with Crippen molar-refractivity contribution in [1.29, 1.82) is 0 Å². The fourth-order valence-corrected chi connectivity index (χ4v) is 3.06. The van der Waals surface area contributed by atoms with E-state index in [0.29, 0.717) is 6.61 Å². The van der Waals surface area contributed by atoms with Crippen molar-refractivity contribution in [3.05, 3.63) is 0 Å². The van der Waals surface area contributed by atoms with Gasteiger partial charge < -0.3 is 16.2 Å². The average Bonchev–Trinajstić information content (AvgIpc) is 2.62. The van der Waals surface area contributed by atoms with Gasteiger partial charge in [0.25, 0.3) is 0 Å². The van der Waals surface area contributed by atoms with Crippen molar-refractivity contribution < 1.29 is 14.3 Å². The van der Waals surface area contributed by atoms with E-state index in [1.54, 1.807) is 0 Å². The normalized spacial score (nSPS) is 39.7. The van der Waals surface area contributed by atoms with E-state index in [1.165, 1.54) is 0 Å². The maximum atomic E-state index is 11.9. The van der Waals surface area contributed by atoms with E-state index >= 15 is 0 Å². The second-order valence-corrected chi connectivity index (χ2v) is 5.10. The van der Waals surface area contributed by atoms with Gasteiger partial charge in [0.05, 0.1) is 6.10 Å². The van der Waals surface area contributed by atoms with E-state index in [9.17, 15) is 9.59 Å². The summed E-state index contributed by atoms with van der Waals surface area (Å²) in [5.41, 5.74) is 9.55. The van der Waals surface area contributed by atoms with Gasteiger partial charge in [-0.2, -0.15) is 0 Å². The third kappa shape index (κ3) is 1.14. The zero-order chi connectivity index (χ0) is 12.1. The molecular formula is C10H17N3O3. The molecule has 16 heavy (non-hydrogen) atoms. The van der Waals surface area contributed by atoms with Crippen LogP contribution in [-0.4, -0.2) is 30.2 Å². The molecule has 1 heterocycles. The minimum atomic E-state index is -1.07. The number of amides is 3. The number of nitrogens with one attached hydrogen (secondary N) is 1. The first-order valence-corrected chi connectivity index (χ1v) is 5.33. The molecule has 1 aliphatic heterocycles. The van der Waals surface area contributed by atoms with Crippen LogP contribution in [0.5, 0.6) is 0 Å². The summed E-state index contributed by atoms with van der Waals surface area (Å²) in [5.74, 6) is -0.529. The number of ether oxygens (including phenoxy) is 1. The van der Waals surface area contributed by atoms with Crippen LogP contribution >= 0.6 is 0 Å². The molecule has 2 rings (SSSR count). The molecule has 3 atom stereocenters. The van der Waals surface area contributed by atoms with Crippen LogP contribution in [0.3, 0.4) is 0 Å². The molecule has 2 aliphatic rings. The topological polar surface area (TPSA) is 107 Å². The molecule has 6 heteroatoms. The molecule has 1 aliphatic carbocycles. The van der Waals surface area contributed by atoms with E-state index < -0.39 is 22.9 Å². The van der Waals surface area contributed by atoms with Crippen LogP contribution in [0.1, 0.15) is 20.3 Å². The third-order valence-electron chi connectivity index (χ3n) is 4.07. The molecule has 0 aromatic heterocycles. The van der Waals surface area contributed by atoms with Crippen LogP contribution in [0.25, 0.3) is 0 Å². The van der Waals surface area contributed by atoms with E-state index in [0.717, 1.165) is 6.42 Å². The summed E-state index contributed by atoms with van der Waals surface area (Å²) in [4.78, 5) is 22.6. The van der Waals surface area contributed by atoms with Gasteiger partial charge in [0.2, 0.25) is 5.91 Å². The zero-order valence-corrected chi connectivity index (χ0v) is 9.45. The minimum Gasteiger partial charge on any atom is -0.377 e. The molecule has 90 valence electrons. The lowest BCUT2D eigenvalue weighted by Crippen LogP contribution is -2.80. The molecule has 0 spiro atoms. The van der Waals surface area contributed by atoms with Crippen molar-refractivity contribution in [1.82, 2.24) is 5.32 Å². The Morgan fingerprint density at radius 3 is 2.62 bits per heavy atom. The first kappa shape index (κ1) is 11.3. The summed E-state index contributed by atoms with van der Waals surface area (Å²) >= 11 is 0. The Kier molecular flexibility index (Phi) is 2.25. The molecular weight excluding hydrogens is 210 g/mol. The first-order valence-electron chi connectivity index (χ1n) is 5.33. The van der Waals surface area contributed by atoms with Crippen LogP contribution in [0.4, 0.5) is 4.79 Å². The highest BCUT2D eigenvalue weighted by molar-refractivity contribution is 6.00. The largest absolute Gasteiger partial charge is 0.377 e. The maximum absolute atomic E-state index is 11.9. The predicted molar refractivity (Wildman–Crippen MR) is 56.3 cm³/mol. The summed E-state index contributed by atoms with van der Waals surface area (Å²) in [6.07, 6.45) is 0.743. The summed E-state index contributed by atoms with van der Waals surface area (Å²) in [5, 5.41) is 2.07. The monoisotopic (exact) mass is 227 g/mol. The number of hydrogen-bond donors (Lipinski definition) is 3. The molecule has 2 fully saturated rings. The van der Waals surface area contributed by atoms with Crippen LogP contribution in [-0.2, 0) is 9.53 Å². The molecule has 0 bridgehead atoms. The number of carbonyl (C=O) groups excluding carboxylic acids is 2. The molecule has 3 unspecified atom stereocenters. The van der Waals surface area contributed by atoms with Crippen molar-refractivity contribution in [2.45, 2.75) is 31.9 Å². The average molecular weight is 227 g/mol. The van der Waals surface area contributed by atoms with Crippen molar-refractivity contribution in [2.75, 3.05) is 6.61 Å². The highest BCUT2D eigenvalue weighted by Crippen LogP contribution is 2.58. The van der Waals surface area contributed by atoms with Gasteiger partial charge >= 0.3 is 6.03 Å². The fraction of sp³-hybridized carbons (Fsp3) is 0.800. The minimum absolute atomic E-state index is 0.00359. The fourth-order valence-electron chi connectivity index (χ4n) is 3.06. The molecule has 5 N–H and O–H groups in total. The zero-order valence-electron chi connectivity index (χ0n) is 9.45. The number of hydrogen-bond acceptors (Lipinski definition) is 4.